The van der Waals surface area contributed by atoms with E-state index in [4.69, 9.17) is 0 Å². The Kier molecular flexibility index (Phi) is 1.83. The normalized spacial score (nSPS) is 41.9. The van der Waals surface area contributed by atoms with Gasteiger partial charge in [0.2, 0.25) is 0 Å². The van der Waals surface area contributed by atoms with Gasteiger partial charge in [-0.3, -0.25) is 4.79 Å². The average Bonchev–Trinajstić information content (AvgIpc) is 2.55. The van der Waals surface area contributed by atoms with Crippen LogP contribution in [0.1, 0.15) is 13.3 Å². The van der Waals surface area contributed by atoms with Crippen molar-refractivity contribution in [2.45, 2.75) is 18.6 Å². The van der Waals surface area contributed by atoms with Crippen LogP contribution in [0.3, 0.4) is 0 Å². The number of allylic oxidation sites excluding steroid dienone is 2. The van der Waals surface area contributed by atoms with Crippen LogP contribution in [0.4, 0.5) is 19.4 Å². The summed E-state index contributed by atoms with van der Waals surface area (Å²) in [6.45, 7) is 0.954. The van der Waals surface area contributed by atoms with Gasteiger partial charge in [0.25, 0.3) is 10.2 Å². The average molecular weight is 262 g/mol. The van der Waals surface area contributed by atoms with Crippen molar-refractivity contribution < 1.29 is 24.2 Å². The van der Waals surface area contributed by atoms with Gasteiger partial charge in [0.15, 0.2) is 0 Å². The van der Waals surface area contributed by atoms with Crippen LogP contribution in [0.2, 0.25) is 0 Å². The van der Waals surface area contributed by atoms with Gasteiger partial charge in [0.05, 0.1) is 0 Å². The lowest BCUT2D eigenvalue weighted by atomic mass is 9.90. The Morgan fingerprint density at radius 1 is 1.12 bits per heavy atom. The quantitative estimate of drug-likeness (QED) is 0.541. The van der Waals surface area contributed by atoms with Crippen molar-refractivity contribution in [2.75, 3.05) is 0 Å². The minimum absolute atomic E-state index is 0.0144. The van der Waals surface area contributed by atoms with Gasteiger partial charge in [-0.1, -0.05) is 31.6 Å². The van der Waals surface area contributed by atoms with Gasteiger partial charge >= 0.3 is 0 Å². The molecule has 0 amide bonds. The summed E-state index contributed by atoms with van der Waals surface area (Å²) in [5.41, 5.74) is 0. The van der Waals surface area contributed by atoms with Crippen LogP contribution < -0.4 is 0 Å². The van der Waals surface area contributed by atoms with Crippen LogP contribution in [-0.4, -0.2) is 11.0 Å². The number of hydrogen-bond donors (Lipinski definition) is 0. The molecule has 16 heavy (non-hydrogen) atoms. The standard InChI is InChI=1S/C9H11F5OS/c1-5(15)8-6-2-3-7(4-6)9(8)16(10,11,12,13)14/h2-3,6-9H,4H2,1H3/t6-,7+,8+,9+/m1/s1. The van der Waals surface area contributed by atoms with E-state index in [0.29, 0.717) is 0 Å². The van der Waals surface area contributed by atoms with Gasteiger partial charge in [-0.05, 0) is 25.2 Å². The summed E-state index contributed by atoms with van der Waals surface area (Å²) < 4.78 is 64.0. The second-order valence-corrected chi connectivity index (χ2v) is 7.18. The number of fused-ring (bicyclic) bond motifs is 2. The third kappa shape index (κ3) is 1.74. The fraction of sp³-hybridized carbons (Fsp3) is 0.667. The SMILES string of the molecule is CC(=O)[C@@H]1[C@@H](S(F)(F)(F)(F)F)[C@H]2C=C[C@@H]1C2. The van der Waals surface area contributed by atoms with Gasteiger partial charge in [-0.15, -0.1) is 0 Å². The van der Waals surface area contributed by atoms with Gasteiger partial charge in [0.1, 0.15) is 11.0 Å². The lowest BCUT2D eigenvalue weighted by Crippen LogP contribution is -2.39. The highest BCUT2D eigenvalue weighted by Crippen LogP contribution is 3.02. The first kappa shape index (κ1) is 11.9. The summed E-state index contributed by atoms with van der Waals surface area (Å²) in [5, 5.41) is -2.76. The third-order valence-corrected chi connectivity index (χ3v) is 5.04. The number of halogens is 5. The molecular weight excluding hydrogens is 251 g/mol. The molecule has 1 nitrogen and oxygen atoms in total. The van der Waals surface area contributed by atoms with Gasteiger partial charge < -0.3 is 0 Å². The lowest BCUT2D eigenvalue weighted by Gasteiger charge is -2.50. The molecule has 7 heteroatoms. The molecule has 2 aliphatic rings. The van der Waals surface area contributed by atoms with Crippen LogP contribution in [0.5, 0.6) is 0 Å². The van der Waals surface area contributed by atoms with Crippen molar-refractivity contribution in [3.8, 4) is 0 Å². The Morgan fingerprint density at radius 2 is 1.62 bits per heavy atom. The van der Waals surface area contributed by atoms with Crippen molar-refractivity contribution in [1.29, 1.82) is 0 Å². The molecule has 0 N–H and O–H groups in total. The van der Waals surface area contributed by atoms with Crippen molar-refractivity contribution in [2.24, 2.45) is 17.8 Å². The third-order valence-electron chi connectivity index (χ3n) is 3.37. The van der Waals surface area contributed by atoms with Crippen LogP contribution in [-0.2, 0) is 4.79 Å². The fourth-order valence-electron chi connectivity index (χ4n) is 2.92. The number of ketones is 1. The van der Waals surface area contributed by atoms with E-state index in [1.54, 1.807) is 0 Å². The number of rotatable bonds is 2. The van der Waals surface area contributed by atoms with Crippen LogP contribution in [0.25, 0.3) is 0 Å². The molecule has 0 aromatic heterocycles. The Hall–Kier alpha value is -0.590. The molecule has 0 aliphatic heterocycles. The largest absolute Gasteiger partial charge is 0.300 e. The predicted octanol–water partition coefficient (Wildman–Crippen LogP) is 4.06. The van der Waals surface area contributed by atoms with Gasteiger partial charge in [0, 0.05) is 5.92 Å². The van der Waals surface area contributed by atoms with E-state index in [9.17, 15) is 24.2 Å². The number of Topliss-reactive ketones (excluding diaryl/α,β-unsaturated/α-hetero) is 1. The zero-order valence-corrected chi connectivity index (χ0v) is 9.19. The second-order valence-electron chi connectivity index (χ2n) is 4.58. The highest BCUT2D eigenvalue weighted by Gasteiger charge is 2.76. The lowest BCUT2D eigenvalue weighted by molar-refractivity contribution is -0.121. The van der Waals surface area contributed by atoms with E-state index < -0.39 is 39.0 Å². The van der Waals surface area contributed by atoms with E-state index >= 15 is 0 Å². The Bertz CT molecular complexity index is 383. The Balaban J connectivity index is 2.50. The zero-order chi connectivity index (χ0) is 12.4. The maximum absolute atomic E-state index is 12.8. The van der Waals surface area contributed by atoms with E-state index in [2.05, 4.69) is 0 Å². The molecule has 2 aliphatic carbocycles. The molecule has 0 spiro atoms. The van der Waals surface area contributed by atoms with Crippen molar-refractivity contribution in [1.82, 2.24) is 0 Å². The molecule has 0 aromatic carbocycles. The first-order valence-electron chi connectivity index (χ1n) is 4.82. The summed E-state index contributed by atoms with van der Waals surface area (Å²) in [6, 6.07) is 0. The summed E-state index contributed by atoms with van der Waals surface area (Å²) in [6.07, 6.45) is 2.64. The smallest absolute Gasteiger partial charge is 0.289 e. The maximum Gasteiger partial charge on any atom is 0.289 e. The number of carbonyl (C=O) groups is 1. The van der Waals surface area contributed by atoms with Crippen LogP contribution >= 0.6 is 10.2 Å². The molecule has 1 fully saturated rings. The molecule has 2 bridgehead atoms. The molecule has 0 unspecified atom stereocenters. The summed E-state index contributed by atoms with van der Waals surface area (Å²) in [7, 11) is -9.59. The highest BCUT2D eigenvalue weighted by atomic mass is 32.5. The van der Waals surface area contributed by atoms with E-state index in [1.165, 1.54) is 12.2 Å². The molecular formula is C9H11F5OS. The molecule has 4 atom stereocenters. The molecule has 2 rings (SSSR count). The van der Waals surface area contributed by atoms with Crippen LogP contribution in [0, 0.1) is 17.8 Å². The van der Waals surface area contributed by atoms with E-state index in [1.807, 2.05) is 0 Å². The van der Waals surface area contributed by atoms with E-state index in [0.717, 1.165) is 6.92 Å². The van der Waals surface area contributed by atoms with E-state index in [-0.39, 0.29) is 6.42 Å². The molecule has 94 valence electrons. The molecule has 0 radical (unpaired) electrons. The number of carbonyl (C=O) groups excluding carboxylic acids is 1. The van der Waals surface area contributed by atoms with Crippen LogP contribution in [0.15, 0.2) is 12.2 Å². The van der Waals surface area contributed by atoms with Gasteiger partial charge in [-0.25, -0.2) is 0 Å². The Morgan fingerprint density at radius 3 is 2.00 bits per heavy atom. The van der Waals surface area contributed by atoms with Crippen molar-refractivity contribution in [3.63, 3.8) is 0 Å². The minimum atomic E-state index is -9.59. The summed E-state index contributed by atoms with van der Waals surface area (Å²) in [5.74, 6) is -4.28. The van der Waals surface area contributed by atoms with Crippen molar-refractivity contribution in [3.05, 3.63) is 12.2 Å². The molecule has 0 heterocycles. The molecule has 0 saturated heterocycles. The number of hydrogen-bond acceptors (Lipinski definition) is 1. The summed E-state index contributed by atoms with van der Waals surface area (Å²) >= 11 is 0. The Labute approximate surface area is 89.4 Å². The predicted molar refractivity (Wildman–Crippen MR) is 51.8 cm³/mol. The fourth-order valence-corrected chi connectivity index (χ4v) is 4.73. The summed E-state index contributed by atoms with van der Waals surface area (Å²) in [4.78, 5) is 11.1. The maximum atomic E-state index is 12.8. The second kappa shape index (κ2) is 2.47. The minimum Gasteiger partial charge on any atom is -0.300 e. The zero-order valence-electron chi connectivity index (χ0n) is 8.38. The van der Waals surface area contributed by atoms with Crippen molar-refractivity contribution >= 4 is 16.0 Å². The first-order chi connectivity index (χ1) is 6.90. The first-order valence-corrected chi connectivity index (χ1v) is 6.83. The van der Waals surface area contributed by atoms with Gasteiger partial charge in [-0.2, -0.15) is 0 Å². The molecule has 0 aromatic rings. The topological polar surface area (TPSA) is 17.1 Å². The monoisotopic (exact) mass is 262 g/mol. The molecule has 1 saturated carbocycles. The highest BCUT2D eigenvalue weighted by molar-refractivity contribution is 8.46.